The number of hydrogen-bond donors (Lipinski definition) is 1. The van der Waals surface area contributed by atoms with E-state index in [9.17, 15) is 9.59 Å². The molecule has 1 amide bonds. The van der Waals surface area contributed by atoms with E-state index in [2.05, 4.69) is 11.1 Å². The van der Waals surface area contributed by atoms with Gasteiger partial charge in [-0.2, -0.15) is 0 Å². The van der Waals surface area contributed by atoms with Crippen molar-refractivity contribution in [2.24, 2.45) is 23.2 Å². The van der Waals surface area contributed by atoms with E-state index in [1.807, 2.05) is 30.0 Å². The monoisotopic (exact) mass is 418 g/mol. The van der Waals surface area contributed by atoms with Crippen LogP contribution in [0.3, 0.4) is 0 Å². The first-order valence-corrected chi connectivity index (χ1v) is 11.9. The van der Waals surface area contributed by atoms with Crippen molar-refractivity contribution in [3.63, 3.8) is 0 Å². The molecule has 0 unspecified atom stereocenters. The minimum absolute atomic E-state index is 0.217. The number of aromatic amines is 1. The zero-order valence-electron chi connectivity index (χ0n) is 18.2. The third kappa shape index (κ3) is 2.96. The van der Waals surface area contributed by atoms with Gasteiger partial charge in [0.1, 0.15) is 0 Å². The highest BCUT2D eigenvalue weighted by atomic mass is 16.5. The number of aromatic nitrogens is 1. The van der Waals surface area contributed by atoms with Gasteiger partial charge in [0.2, 0.25) is 5.91 Å². The Kier molecular flexibility index (Phi) is 4.31. The first-order chi connectivity index (χ1) is 15.1. The van der Waals surface area contributed by atoms with Crippen molar-refractivity contribution in [3.8, 4) is 0 Å². The van der Waals surface area contributed by atoms with Crippen LogP contribution in [0.25, 0.3) is 16.5 Å². The van der Waals surface area contributed by atoms with E-state index in [0.717, 1.165) is 47.8 Å². The molecular weight excluding hydrogens is 388 g/mol. The predicted octanol–water partition coefficient (Wildman–Crippen LogP) is 4.67. The van der Waals surface area contributed by atoms with Crippen molar-refractivity contribution in [1.82, 2.24) is 9.88 Å². The molecule has 7 rings (SSSR count). The molecule has 4 aliphatic carbocycles. The Bertz CT molecular complexity index is 1060. The number of hydrogen-bond acceptors (Lipinski definition) is 3. The molecule has 0 atom stereocenters. The lowest BCUT2D eigenvalue weighted by Gasteiger charge is -2.56. The first-order valence-electron chi connectivity index (χ1n) is 11.9. The fourth-order valence-electron chi connectivity index (χ4n) is 7.41. The molecule has 5 nitrogen and oxygen atoms in total. The van der Waals surface area contributed by atoms with Crippen LogP contribution in [0.4, 0.5) is 0 Å². The summed E-state index contributed by atoms with van der Waals surface area (Å²) in [7, 11) is 0. The molecule has 1 aliphatic heterocycles. The number of carbonyl (C=O) groups excluding carboxylic acids is 2. The Hall–Kier alpha value is -2.56. The molecule has 1 aromatic carbocycles. The number of nitrogens with one attached hydrogen (secondary N) is 1. The average molecular weight is 419 g/mol. The maximum Gasteiger partial charge on any atom is 0.341 e. The summed E-state index contributed by atoms with van der Waals surface area (Å²) in [5.41, 5.74) is 3.19. The molecular formula is C26H30N2O3. The van der Waals surface area contributed by atoms with Gasteiger partial charge in [0, 0.05) is 23.6 Å². The van der Waals surface area contributed by atoms with Gasteiger partial charge in [-0.15, -0.1) is 0 Å². The molecule has 4 bridgehead atoms. The second-order valence-corrected chi connectivity index (χ2v) is 10.2. The lowest BCUT2D eigenvalue weighted by atomic mass is 9.49. The zero-order valence-corrected chi connectivity index (χ0v) is 18.2. The van der Waals surface area contributed by atoms with Crippen LogP contribution in [0.2, 0.25) is 0 Å². The lowest BCUT2D eigenvalue weighted by Crippen LogP contribution is -2.53. The summed E-state index contributed by atoms with van der Waals surface area (Å²) in [4.78, 5) is 32.2. The number of rotatable bonds is 3. The SMILES string of the molecule is CCOC(=O)C1=CN(C(=O)C23CC4CC(CC(C4)C2)C3)CCc2c1[nH]c1ccccc21. The highest BCUT2D eigenvalue weighted by Gasteiger charge is 2.55. The third-order valence-corrected chi connectivity index (χ3v) is 8.22. The number of benzene rings is 1. The second-order valence-electron chi connectivity index (χ2n) is 10.2. The van der Waals surface area contributed by atoms with E-state index >= 15 is 0 Å². The minimum Gasteiger partial charge on any atom is -0.462 e. The van der Waals surface area contributed by atoms with E-state index in [-0.39, 0.29) is 17.3 Å². The van der Waals surface area contributed by atoms with Crippen molar-refractivity contribution in [3.05, 3.63) is 41.7 Å². The zero-order chi connectivity index (χ0) is 21.2. The summed E-state index contributed by atoms with van der Waals surface area (Å²) in [5.74, 6) is 2.02. The van der Waals surface area contributed by atoms with Crippen LogP contribution < -0.4 is 0 Å². The number of nitrogens with zero attached hydrogens (tertiary/aromatic N) is 1. The molecule has 1 N–H and O–H groups in total. The standard InChI is InChI=1S/C26H30N2O3/c1-2-31-24(29)21-15-28(8-7-20-19-5-3-4-6-22(19)27-23(20)21)25(30)26-12-16-9-17(13-26)11-18(10-16)14-26/h3-6,15-18,27H,2,7-14H2,1H3. The van der Waals surface area contributed by atoms with Crippen molar-refractivity contribution < 1.29 is 14.3 Å². The van der Waals surface area contributed by atoms with E-state index in [0.29, 0.717) is 36.5 Å². The fraction of sp³-hybridized carbons (Fsp3) is 0.538. The maximum atomic E-state index is 14.0. The van der Waals surface area contributed by atoms with E-state index in [4.69, 9.17) is 4.74 Å². The van der Waals surface area contributed by atoms with Gasteiger partial charge in [0.05, 0.1) is 23.3 Å². The summed E-state index contributed by atoms with van der Waals surface area (Å²) in [6.07, 6.45) is 9.56. The summed E-state index contributed by atoms with van der Waals surface area (Å²) in [6, 6.07) is 8.14. The van der Waals surface area contributed by atoms with Crippen LogP contribution in [-0.4, -0.2) is 34.9 Å². The summed E-state index contributed by atoms with van der Waals surface area (Å²) in [6.45, 7) is 2.74. The average Bonchev–Trinajstić information content (AvgIpc) is 3.00. The molecule has 1 aromatic heterocycles. The van der Waals surface area contributed by atoms with Crippen molar-refractivity contribution in [2.45, 2.75) is 51.9 Å². The van der Waals surface area contributed by atoms with E-state index in [1.165, 1.54) is 19.3 Å². The molecule has 0 saturated heterocycles. The molecule has 162 valence electrons. The van der Waals surface area contributed by atoms with Crippen LogP contribution in [0.1, 0.15) is 56.7 Å². The van der Waals surface area contributed by atoms with Crippen molar-refractivity contribution in [2.75, 3.05) is 13.2 Å². The molecule has 0 spiro atoms. The largest absolute Gasteiger partial charge is 0.462 e. The van der Waals surface area contributed by atoms with E-state index in [1.54, 1.807) is 6.20 Å². The predicted molar refractivity (Wildman–Crippen MR) is 119 cm³/mol. The molecule has 5 heteroatoms. The van der Waals surface area contributed by atoms with Crippen LogP contribution in [-0.2, 0) is 20.7 Å². The highest BCUT2D eigenvalue weighted by molar-refractivity contribution is 6.18. The first kappa shape index (κ1) is 19.1. The van der Waals surface area contributed by atoms with Crippen molar-refractivity contribution >= 4 is 28.4 Å². The van der Waals surface area contributed by atoms with Gasteiger partial charge in [-0.25, -0.2) is 4.79 Å². The normalized spacial score (nSPS) is 31.3. The quantitative estimate of drug-likeness (QED) is 0.737. The van der Waals surface area contributed by atoms with Gasteiger partial charge in [-0.1, -0.05) is 18.2 Å². The number of esters is 1. The van der Waals surface area contributed by atoms with E-state index < -0.39 is 0 Å². The van der Waals surface area contributed by atoms with Gasteiger partial charge in [-0.05, 0) is 81.3 Å². The number of ether oxygens (including phenoxy) is 1. The lowest BCUT2D eigenvalue weighted by molar-refractivity contribution is -0.154. The van der Waals surface area contributed by atoms with Gasteiger partial charge in [0.25, 0.3) is 0 Å². The molecule has 5 aliphatic rings. The maximum absolute atomic E-state index is 14.0. The molecule has 2 heterocycles. The topological polar surface area (TPSA) is 62.4 Å². The molecule has 4 fully saturated rings. The van der Waals surface area contributed by atoms with Gasteiger partial charge < -0.3 is 14.6 Å². The minimum atomic E-state index is -0.361. The molecule has 31 heavy (non-hydrogen) atoms. The molecule has 4 saturated carbocycles. The van der Waals surface area contributed by atoms with Gasteiger partial charge in [-0.3, -0.25) is 4.79 Å². The summed E-state index contributed by atoms with van der Waals surface area (Å²) < 4.78 is 5.40. The Labute approximate surface area is 182 Å². The Morgan fingerprint density at radius 3 is 2.45 bits per heavy atom. The van der Waals surface area contributed by atoms with Gasteiger partial charge >= 0.3 is 5.97 Å². The Balaban J connectivity index is 1.40. The van der Waals surface area contributed by atoms with Crippen molar-refractivity contribution in [1.29, 1.82) is 0 Å². The number of H-pyrrole nitrogens is 1. The fourth-order valence-corrected chi connectivity index (χ4v) is 7.41. The smallest absolute Gasteiger partial charge is 0.341 e. The molecule has 2 aromatic rings. The number of carbonyl (C=O) groups is 2. The number of amides is 1. The summed E-state index contributed by atoms with van der Waals surface area (Å²) in [5, 5.41) is 1.12. The molecule has 0 radical (unpaired) electrons. The number of para-hydroxylation sites is 1. The third-order valence-electron chi connectivity index (χ3n) is 8.22. The second kappa shape index (κ2) is 6.98. The Morgan fingerprint density at radius 1 is 1.10 bits per heavy atom. The Morgan fingerprint density at radius 2 is 1.77 bits per heavy atom. The van der Waals surface area contributed by atoms with Gasteiger partial charge in [0.15, 0.2) is 0 Å². The van der Waals surface area contributed by atoms with Crippen LogP contribution >= 0.6 is 0 Å². The van der Waals surface area contributed by atoms with Crippen LogP contribution in [0.5, 0.6) is 0 Å². The van der Waals surface area contributed by atoms with Crippen LogP contribution in [0.15, 0.2) is 30.5 Å². The summed E-state index contributed by atoms with van der Waals surface area (Å²) >= 11 is 0. The van der Waals surface area contributed by atoms with Crippen LogP contribution in [0, 0.1) is 23.2 Å². The highest BCUT2D eigenvalue weighted by Crippen LogP contribution is 2.60. The number of fused-ring (bicyclic) bond motifs is 3.